The minimum absolute atomic E-state index is 0.281. The summed E-state index contributed by atoms with van der Waals surface area (Å²) in [5.74, 6) is 1.29. The number of nitrogens with zero attached hydrogens (tertiary/aromatic N) is 2. The van der Waals surface area contributed by atoms with Gasteiger partial charge in [-0.2, -0.15) is 13.0 Å². The quantitative estimate of drug-likeness (QED) is 0.0767. The summed E-state index contributed by atoms with van der Waals surface area (Å²) in [5.41, 5.74) is 2.50. The van der Waals surface area contributed by atoms with E-state index in [4.69, 9.17) is 19.0 Å². The zero-order chi connectivity index (χ0) is 26.7. The van der Waals surface area contributed by atoms with Gasteiger partial charge in [0.25, 0.3) is 10.1 Å². The number of ether oxygens (including phenoxy) is 1. The minimum atomic E-state index is -4.01. The maximum Gasteiger partial charge on any atom is 0.265 e. The Bertz CT molecular complexity index is 1720. The molecule has 0 bridgehead atoms. The van der Waals surface area contributed by atoms with Gasteiger partial charge < -0.3 is 9.15 Å². The molecule has 0 amide bonds. The van der Waals surface area contributed by atoms with Crippen LogP contribution in [0.3, 0.4) is 0 Å². The molecule has 0 unspecified atom stereocenters. The Labute approximate surface area is 222 Å². The normalized spacial score (nSPS) is 11.9. The van der Waals surface area contributed by atoms with Crippen LogP contribution in [0.2, 0.25) is 0 Å². The molecule has 3 aromatic carbocycles. The van der Waals surface area contributed by atoms with E-state index in [1.807, 2.05) is 65.4 Å². The van der Waals surface area contributed by atoms with Crippen molar-refractivity contribution in [1.82, 2.24) is 4.98 Å². The Balaban J connectivity index is 1.48. The van der Waals surface area contributed by atoms with Crippen LogP contribution in [0, 0.1) is 0 Å². The topological polar surface area (TPSA) is 132 Å². The van der Waals surface area contributed by atoms with Crippen molar-refractivity contribution in [2.24, 2.45) is 0 Å². The average Bonchev–Trinajstić information content (AvgIpc) is 3.41. The third-order valence-electron chi connectivity index (χ3n) is 6.05. The summed E-state index contributed by atoms with van der Waals surface area (Å²) in [6, 6.07) is 19.0. The third-order valence-corrected chi connectivity index (χ3v) is 7.57. The van der Waals surface area contributed by atoms with Crippen molar-refractivity contribution in [2.75, 3.05) is 12.9 Å². The van der Waals surface area contributed by atoms with Gasteiger partial charge >= 0.3 is 0 Å². The van der Waals surface area contributed by atoms with E-state index in [2.05, 4.69) is 14.4 Å². The molecule has 0 aliphatic rings. The van der Waals surface area contributed by atoms with Crippen molar-refractivity contribution < 1.29 is 41.3 Å². The molecule has 196 valence electrons. The number of rotatable bonds is 10. The van der Waals surface area contributed by atoms with Gasteiger partial charge in [-0.3, -0.25) is 4.55 Å². The summed E-state index contributed by atoms with van der Waals surface area (Å²) >= 11 is 0.835. The van der Waals surface area contributed by atoms with Crippen LogP contribution < -0.4 is 9.30 Å². The molecule has 0 atom stereocenters. The zero-order valence-corrected chi connectivity index (χ0v) is 21.7. The van der Waals surface area contributed by atoms with E-state index in [9.17, 15) is 8.42 Å². The second kappa shape index (κ2) is 11.1. The van der Waals surface area contributed by atoms with Gasteiger partial charge in [0.1, 0.15) is 12.3 Å². The first kappa shape index (κ1) is 26.1. The fourth-order valence-corrected chi connectivity index (χ4v) is 5.45. The molecule has 12 heteroatoms. The van der Waals surface area contributed by atoms with Crippen molar-refractivity contribution >= 4 is 43.8 Å². The molecule has 0 aliphatic carbocycles. The molecule has 5 aromatic rings. The van der Waals surface area contributed by atoms with Gasteiger partial charge in [0.15, 0.2) is 12.0 Å². The van der Waals surface area contributed by atoms with Crippen molar-refractivity contribution in [3.05, 3.63) is 73.1 Å². The van der Waals surface area contributed by atoms with Crippen LogP contribution in [0.25, 0.3) is 44.5 Å². The molecular weight excluding hydrogens is 532 g/mol. The smallest absolute Gasteiger partial charge is 0.265 e. The number of pyridine rings is 1. The van der Waals surface area contributed by atoms with E-state index in [1.54, 1.807) is 19.4 Å². The highest BCUT2D eigenvalue weighted by atomic mass is 32.2. The SMILES string of the molecule is COc1ccc2cc(-c3cnc(-c4cc[n+](CCCS(=O)(=O)O)c5ccccc45)o3)ccc2c1SOOO. The Hall–Kier alpha value is -3.52. The van der Waals surface area contributed by atoms with Gasteiger partial charge in [0, 0.05) is 29.5 Å². The largest absolute Gasteiger partial charge is 0.495 e. The lowest BCUT2D eigenvalue weighted by Gasteiger charge is -2.10. The molecule has 0 saturated heterocycles. The fourth-order valence-electron chi connectivity index (χ4n) is 4.35. The highest BCUT2D eigenvalue weighted by Crippen LogP contribution is 2.39. The second-order valence-electron chi connectivity index (χ2n) is 8.37. The first-order chi connectivity index (χ1) is 18.4. The van der Waals surface area contributed by atoms with Crippen molar-refractivity contribution in [2.45, 2.75) is 17.9 Å². The lowest BCUT2D eigenvalue weighted by Crippen LogP contribution is -2.35. The van der Waals surface area contributed by atoms with Crippen LogP contribution in [0.1, 0.15) is 6.42 Å². The average molecular weight is 556 g/mol. The molecule has 2 N–H and O–H groups in total. The van der Waals surface area contributed by atoms with E-state index < -0.39 is 10.1 Å². The highest BCUT2D eigenvalue weighted by Gasteiger charge is 2.19. The number of methoxy groups -OCH3 is 1. The van der Waals surface area contributed by atoms with Gasteiger partial charge in [0.2, 0.25) is 11.4 Å². The van der Waals surface area contributed by atoms with Crippen LogP contribution >= 0.6 is 12.0 Å². The number of hydrogen-bond donors (Lipinski definition) is 2. The van der Waals surface area contributed by atoms with Crippen LogP contribution in [0.4, 0.5) is 0 Å². The summed E-state index contributed by atoms with van der Waals surface area (Å²) in [7, 11) is -2.47. The first-order valence-electron chi connectivity index (χ1n) is 11.5. The van der Waals surface area contributed by atoms with E-state index in [0.717, 1.165) is 44.8 Å². The van der Waals surface area contributed by atoms with E-state index in [-0.39, 0.29) is 12.2 Å². The van der Waals surface area contributed by atoms with Gasteiger partial charge in [-0.05, 0) is 23.6 Å². The third kappa shape index (κ3) is 5.50. The van der Waals surface area contributed by atoms with Gasteiger partial charge in [-0.1, -0.05) is 35.4 Å². The molecule has 5 rings (SSSR count). The predicted molar refractivity (Wildman–Crippen MR) is 141 cm³/mol. The number of benzene rings is 3. The zero-order valence-electron chi connectivity index (χ0n) is 20.1. The van der Waals surface area contributed by atoms with Crippen LogP contribution in [-0.2, 0) is 26.0 Å². The van der Waals surface area contributed by atoms with Gasteiger partial charge in [-0.25, -0.2) is 10.2 Å². The molecule has 2 aromatic heterocycles. The van der Waals surface area contributed by atoms with Crippen LogP contribution in [0.5, 0.6) is 5.75 Å². The Kier molecular flexibility index (Phi) is 7.61. The first-order valence-corrected chi connectivity index (χ1v) is 13.8. The monoisotopic (exact) mass is 555 g/mol. The molecule has 2 heterocycles. The second-order valence-corrected chi connectivity index (χ2v) is 10.7. The van der Waals surface area contributed by atoms with E-state index >= 15 is 0 Å². The maximum atomic E-state index is 11.1. The van der Waals surface area contributed by atoms with Crippen molar-refractivity contribution in [3.8, 4) is 28.5 Å². The molecule has 0 saturated carbocycles. The highest BCUT2D eigenvalue weighted by molar-refractivity contribution is 7.95. The number of para-hydroxylation sites is 1. The number of aromatic nitrogens is 2. The van der Waals surface area contributed by atoms with E-state index in [0.29, 0.717) is 28.8 Å². The Morgan fingerprint density at radius 2 is 1.92 bits per heavy atom. The molecule has 0 radical (unpaired) electrons. The Morgan fingerprint density at radius 3 is 2.71 bits per heavy atom. The van der Waals surface area contributed by atoms with Gasteiger partial charge in [-0.15, -0.1) is 4.33 Å². The predicted octanol–water partition coefficient (Wildman–Crippen LogP) is 5.32. The molecule has 10 nitrogen and oxygen atoms in total. The number of aryl methyl sites for hydroxylation is 1. The fraction of sp³-hybridized carbons (Fsp3) is 0.154. The minimum Gasteiger partial charge on any atom is -0.495 e. The summed E-state index contributed by atoms with van der Waals surface area (Å²) < 4.78 is 49.4. The maximum absolute atomic E-state index is 11.1. The van der Waals surface area contributed by atoms with Crippen molar-refractivity contribution in [1.29, 1.82) is 0 Å². The number of fused-ring (bicyclic) bond motifs is 2. The van der Waals surface area contributed by atoms with Crippen LogP contribution in [-0.4, -0.2) is 36.1 Å². The molecule has 0 fully saturated rings. The Morgan fingerprint density at radius 1 is 1.08 bits per heavy atom. The summed E-state index contributed by atoms with van der Waals surface area (Å²) in [5, 5.41) is 14.9. The number of oxazole rings is 1. The summed E-state index contributed by atoms with van der Waals surface area (Å²) in [6.45, 7) is 0.426. The lowest BCUT2D eigenvalue weighted by atomic mass is 10.1. The van der Waals surface area contributed by atoms with E-state index in [1.165, 1.54) is 0 Å². The van der Waals surface area contributed by atoms with Crippen LogP contribution in [0.15, 0.2) is 82.4 Å². The molecule has 0 spiro atoms. The standard InChI is InChI=1S/C26H22N2O8S2/c1-33-23-10-8-17-15-18(7-9-19(17)25(23)37-36-35-29)24-16-27-26(34-24)21-11-13-28(12-4-14-38(30,31)32)22-6-3-2-5-20(21)22/h2-3,5-11,13,15-16H,4,12,14H2,1H3,(H-,29,30,31,32)/p+1. The molecular formula is C26H23N2O8S2+. The summed E-state index contributed by atoms with van der Waals surface area (Å²) in [6.07, 6.45) is 3.80. The summed E-state index contributed by atoms with van der Waals surface area (Å²) in [4.78, 5) is 5.17. The van der Waals surface area contributed by atoms with Crippen molar-refractivity contribution in [3.63, 3.8) is 0 Å². The lowest BCUT2D eigenvalue weighted by molar-refractivity contribution is -0.671. The van der Waals surface area contributed by atoms with Gasteiger partial charge in [0.05, 0.1) is 46.9 Å². The number of hydrogen-bond acceptors (Lipinski definition) is 9. The molecule has 0 aliphatic heterocycles. The molecule has 38 heavy (non-hydrogen) atoms.